The molecule has 5 rings (SSSR count). The van der Waals surface area contributed by atoms with Crippen molar-refractivity contribution in [1.29, 1.82) is 0 Å². The second kappa shape index (κ2) is 14.0. The van der Waals surface area contributed by atoms with E-state index in [1.165, 1.54) is 10.3 Å². The van der Waals surface area contributed by atoms with E-state index in [4.69, 9.17) is 0 Å². The molecule has 0 bridgehead atoms. The predicted octanol–water partition coefficient (Wildman–Crippen LogP) is 3.30. The third-order valence-corrected chi connectivity index (χ3v) is 8.10. The Labute approximate surface area is 257 Å². The molecule has 2 aromatic carbocycles. The van der Waals surface area contributed by atoms with Gasteiger partial charge in [-0.15, -0.1) is 0 Å². The molecule has 10 heteroatoms. The van der Waals surface area contributed by atoms with E-state index >= 15 is 0 Å². The quantitative estimate of drug-likeness (QED) is 0.283. The van der Waals surface area contributed by atoms with Gasteiger partial charge in [0.1, 0.15) is 0 Å². The van der Waals surface area contributed by atoms with Crippen LogP contribution in [0.1, 0.15) is 42.7 Å². The highest BCUT2D eigenvalue weighted by Crippen LogP contribution is 2.19. The zero-order valence-electron chi connectivity index (χ0n) is 25.9. The molecule has 4 aromatic rings. The van der Waals surface area contributed by atoms with Gasteiger partial charge in [-0.1, -0.05) is 50.2 Å². The highest BCUT2D eigenvalue weighted by molar-refractivity contribution is 6.05. The number of aliphatic hydroxyl groups excluding tert-OH is 1. The SMILES string of the molecule is CCCN(CCC)C(=O)c1cc(C)nc2c1c(=O)n(-c1ccccc1)c(=O)n2CC(O)CN1CCN(c2ccccc2)CC1. The number of carbonyl (C=O) groups excluding carboxylic acids is 1. The third-order valence-electron chi connectivity index (χ3n) is 8.10. The summed E-state index contributed by atoms with van der Waals surface area (Å²) < 4.78 is 2.45. The first-order valence-corrected chi connectivity index (χ1v) is 15.5. The van der Waals surface area contributed by atoms with Crippen LogP contribution in [-0.2, 0) is 6.54 Å². The van der Waals surface area contributed by atoms with Crippen LogP contribution >= 0.6 is 0 Å². The van der Waals surface area contributed by atoms with Crippen molar-refractivity contribution < 1.29 is 9.90 Å². The van der Waals surface area contributed by atoms with Crippen LogP contribution in [0.2, 0.25) is 0 Å². The predicted molar refractivity (Wildman–Crippen MR) is 174 cm³/mol. The van der Waals surface area contributed by atoms with Gasteiger partial charge in [-0.3, -0.25) is 19.1 Å². The molecule has 1 atom stereocenters. The number of carbonyl (C=O) groups is 1. The summed E-state index contributed by atoms with van der Waals surface area (Å²) in [5.41, 5.74) is 1.24. The Morgan fingerprint density at radius 1 is 0.886 bits per heavy atom. The van der Waals surface area contributed by atoms with Gasteiger partial charge >= 0.3 is 5.69 Å². The maximum Gasteiger partial charge on any atom is 0.337 e. The van der Waals surface area contributed by atoms with Crippen molar-refractivity contribution in [3.8, 4) is 5.69 Å². The summed E-state index contributed by atoms with van der Waals surface area (Å²) in [6, 6.07) is 20.6. The summed E-state index contributed by atoms with van der Waals surface area (Å²) >= 11 is 0. The molecule has 0 radical (unpaired) electrons. The van der Waals surface area contributed by atoms with E-state index < -0.39 is 17.4 Å². The monoisotopic (exact) mass is 598 g/mol. The zero-order valence-corrected chi connectivity index (χ0v) is 25.9. The van der Waals surface area contributed by atoms with Crippen LogP contribution in [0.3, 0.4) is 0 Å². The molecule has 1 fully saturated rings. The van der Waals surface area contributed by atoms with Crippen molar-refractivity contribution in [2.75, 3.05) is 50.7 Å². The highest BCUT2D eigenvalue weighted by atomic mass is 16.3. The number of aliphatic hydroxyl groups is 1. The Morgan fingerprint density at radius 2 is 1.48 bits per heavy atom. The molecule has 1 unspecified atom stereocenters. The number of para-hydroxylation sites is 2. The van der Waals surface area contributed by atoms with E-state index in [0.29, 0.717) is 31.0 Å². The maximum absolute atomic E-state index is 14.1. The molecular weight excluding hydrogens is 556 g/mol. The lowest BCUT2D eigenvalue weighted by atomic mass is 10.1. The number of rotatable bonds is 11. The van der Waals surface area contributed by atoms with Gasteiger partial charge in [0.15, 0.2) is 5.65 Å². The second-order valence-corrected chi connectivity index (χ2v) is 11.4. The molecule has 0 saturated carbocycles. The second-order valence-electron chi connectivity index (χ2n) is 11.4. The van der Waals surface area contributed by atoms with Crippen molar-refractivity contribution in [1.82, 2.24) is 23.9 Å². The van der Waals surface area contributed by atoms with Crippen LogP contribution in [0.15, 0.2) is 76.3 Å². The summed E-state index contributed by atoms with van der Waals surface area (Å²) in [6.45, 7) is 10.4. The van der Waals surface area contributed by atoms with Crippen LogP contribution < -0.4 is 16.1 Å². The average Bonchev–Trinajstić information content (AvgIpc) is 3.03. The molecular formula is C34H42N6O4. The number of hydrogen-bond donors (Lipinski definition) is 1. The summed E-state index contributed by atoms with van der Waals surface area (Å²) in [5.74, 6) is -0.261. The van der Waals surface area contributed by atoms with E-state index in [1.807, 2.05) is 38.1 Å². The molecule has 1 aliphatic rings. The Bertz CT molecular complexity index is 1690. The summed E-state index contributed by atoms with van der Waals surface area (Å²) in [4.78, 5) is 52.9. The minimum Gasteiger partial charge on any atom is -0.390 e. The Morgan fingerprint density at radius 3 is 2.07 bits per heavy atom. The lowest BCUT2D eigenvalue weighted by Crippen LogP contribution is -2.50. The highest BCUT2D eigenvalue weighted by Gasteiger charge is 2.26. The van der Waals surface area contributed by atoms with Gasteiger partial charge in [0.2, 0.25) is 0 Å². The van der Waals surface area contributed by atoms with Crippen molar-refractivity contribution in [3.63, 3.8) is 0 Å². The number of aryl methyl sites for hydroxylation is 1. The smallest absolute Gasteiger partial charge is 0.337 e. The van der Waals surface area contributed by atoms with Gasteiger partial charge in [0.25, 0.3) is 11.5 Å². The number of pyridine rings is 1. The number of fused-ring (bicyclic) bond motifs is 1. The zero-order chi connectivity index (χ0) is 31.2. The minimum absolute atomic E-state index is 0.0704. The van der Waals surface area contributed by atoms with Gasteiger partial charge in [-0.25, -0.2) is 14.3 Å². The molecule has 1 N–H and O–H groups in total. The lowest BCUT2D eigenvalue weighted by Gasteiger charge is -2.37. The molecule has 1 aliphatic heterocycles. The van der Waals surface area contributed by atoms with Crippen LogP contribution in [0.5, 0.6) is 0 Å². The first kappa shape index (κ1) is 31.2. The van der Waals surface area contributed by atoms with Crippen molar-refractivity contribution >= 4 is 22.6 Å². The van der Waals surface area contributed by atoms with E-state index in [-0.39, 0.29) is 29.0 Å². The number of piperazine rings is 1. The fraction of sp³-hybridized carbons (Fsp3) is 0.412. The number of hydrogen-bond acceptors (Lipinski definition) is 7. The van der Waals surface area contributed by atoms with Gasteiger partial charge in [-0.2, -0.15) is 0 Å². The summed E-state index contributed by atoms with van der Waals surface area (Å²) in [6.07, 6.45) is 0.649. The number of aromatic nitrogens is 3. The number of amides is 1. The van der Waals surface area contributed by atoms with Crippen molar-refractivity contribution in [3.05, 3.63) is 98.8 Å². The van der Waals surface area contributed by atoms with Crippen LogP contribution in [0.25, 0.3) is 16.7 Å². The van der Waals surface area contributed by atoms with Gasteiger partial charge < -0.3 is 14.9 Å². The lowest BCUT2D eigenvalue weighted by molar-refractivity contribution is 0.0757. The largest absolute Gasteiger partial charge is 0.390 e. The average molecular weight is 599 g/mol. The Balaban J connectivity index is 1.52. The number of benzene rings is 2. The molecule has 2 aromatic heterocycles. The minimum atomic E-state index is -0.904. The standard InChI is InChI=1S/C34H42N6O4/c1-4-16-38(17-5-2)32(42)29-22-25(3)35-31-30(29)33(43)40(27-14-10-7-11-15-27)34(44)39(31)24-28(41)23-36-18-20-37(21-19-36)26-12-8-6-9-13-26/h6-15,22,28,41H,4-5,16-21,23-24H2,1-3H3. The third kappa shape index (κ3) is 6.61. The van der Waals surface area contributed by atoms with Gasteiger partial charge in [0.05, 0.1) is 29.3 Å². The van der Waals surface area contributed by atoms with Gasteiger partial charge in [-0.05, 0) is 50.1 Å². The molecule has 1 saturated heterocycles. The fourth-order valence-corrected chi connectivity index (χ4v) is 6.03. The van der Waals surface area contributed by atoms with E-state index in [1.54, 1.807) is 42.2 Å². The van der Waals surface area contributed by atoms with Gasteiger partial charge in [0, 0.05) is 57.2 Å². The van der Waals surface area contributed by atoms with E-state index in [9.17, 15) is 19.5 Å². The molecule has 0 aliphatic carbocycles. The maximum atomic E-state index is 14.1. The van der Waals surface area contributed by atoms with Crippen LogP contribution in [0.4, 0.5) is 5.69 Å². The van der Waals surface area contributed by atoms with Crippen molar-refractivity contribution in [2.45, 2.75) is 46.3 Å². The van der Waals surface area contributed by atoms with E-state index in [2.05, 4.69) is 26.9 Å². The molecule has 0 spiro atoms. The molecule has 3 heterocycles. The molecule has 1 amide bonds. The summed E-state index contributed by atoms with van der Waals surface area (Å²) in [5, 5.41) is 11.4. The Hall–Kier alpha value is -4.28. The molecule has 232 valence electrons. The van der Waals surface area contributed by atoms with Crippen LogP contribution in [-0.4, -0.2) is 86.8 Å². The molecule has 44 heavy (non-hydrogen) atoms. The topological polar surface area (TPSA) is 104 Å². The normalized spacial score (nSPS) is 14.6. The Kier molecular flexibility index (Phi) is 9.92. The fourth-order valence-electron chi connectivity index (χ4n) is 6.03. The van der Waals surface area contributed by atoms with E-state index in [0.717, 1.165) is 43.6 Å². The number of anilines is 1. The molecule has 10 nitrogen and oxygen atoms in total. The van der Waals surface area contributed by atoms with Crippen molar-refractivity contribution in [2.24, 2.45) is 0 Å². The summed E-state index contributed by atoms with van der Waals surface area (Å²) in [7, 11) is 0. The number of nitrogens with zero attached hydrogens (tertiary/aromatic N) is 6. The van der Waals surface area contributed by atoms with Crippen LogP contribution in [0, 0.1) is 6.92 Å². The first-order chi connectivity index (χ1) is 21.3. The first-order valence-electron chi connectivity index (χ1n) is 15.5. The number of β-amino-alcohol motifs (C(OH)–C–C–N with tert-alkyl or cyclic N) is 1.